The molecule has 18 heavy (non-hydrogen) atoms. The van der Waals surface area contributed by atoms with Crippen molar-refractivity contribution >= 4 is 5.69 Å². The number of fused-ring (bicyclic) bond motifs is 5. The maximum Gasteiger partial charge on any atom is 0.0405 e. The van der Waals surface area contributed by atoms with Crippen molar-refractivity contribution in [1.29, 1.82) is 0 Å². The fraction of sp³-hybridized carbons (Fsp3) is 0.375. The Bertz CT molecular complexity index is 599. The molecule has 92 valence electrons. The molecule has 2 nitrogen and oxygen atoms in total. The van der Waals surface area contributed by atoms with E-state index in [2.05, 4.69) is 66.0 Å². The van der Waals surface area contributed by atoms with Crippen LogP contribution in [-0.4, -0.2) is 17.2 Å². The van der Waals surface area contributed by atoms with Crippen molar-refractivity contribution < 1.29 is 0 Å². The lowest BCUT2D eigenvalue weighted by Crippen LogP contribution is -2.31. The molecule has 1 aromatic carbocycles. The molecule has 4 rings (SSSR count). The van der Waals surface area contributed by atoms with Gasteiger partial charge in [0.2, 0.25) is 0 Å². The molecule has 0 saturated carbocycles. The fourth-order valence-electron chi connectivity index (χ4n) is 3.97. The first-order valence-electron chi connectivity index (χ1n) is 6.74. The van der Waals surface area contributed by atoms with Crippen LogP contribution in [0, 0.1) is 0 Å². The summed E-state index contributed by atoms with van der Waals surface area (Å²) in [7, 11) is 2.16. The SMILES string of the molecule is CC1C(c2cccn2C)C2CN1c1ccccc12. The van der Waals surface area contributed by atoms with E-state index in [0.717, 1.165) is 0 Å². The van der Waals surface area contributed by atoms with Crippen molar-refractivity contribution in [2.45, 2.75) is 24.8 Å². The smallest absolute Gasteiger partial charge is 0.0405 e. The number of para-hydroxylation sites is 1. The van der Waals surface area contributed by atoms with E-state index in [4.69, 9.17) is 0 Å². The van der Waals surface area contributed by atoms with Crippen molar-refractivity contribution in [3.8, 4) is 0 Å². The largest absolute Gasteiger partial charge is 0.367 e. The van der Waals surface area contributed by atoms with Gasteiger partial charge in [-0.25, -0.2) is 0 Å². The second-order valence-corrected chi connectivity index (χ2v) is 5.63. The van der Waals surface area contributed by atoms with Gasteiger partial charge >= 0.3 is 0 Å². The third-order valence-corrected chi connectivity index (χ3v) is 4.81. The van der Waals surface area contributed by atoms with Crippen LogP contribution in [0.5, 0.6) is 0 Å². The van der Waals surface area contributed by atoms with Crippen LogP contribution < -0.4 is 4.90 Å². The first-order valence-corrected chi connectivity index (χ1v) is 6.74. The number of rotatable bonds is 1. The van der Waals surface area contributed by atoms with Crippen molar-refractivity contribution in [3.05, 3.63) is 53.9 Å². The standard InChI is InChI=1S/C16H18N2/c1-11-16(15-8-5-9-17(15)2)13-10-18(11)14-7-4-3-6-12(13)14/h3-9,11,13,16H,10H2,1-2H3. The predicted molar refractivity (Wildman–Crippen MR) is 74.1 cm³/mol. The zero-order chi connectivity index (χ0) is 12.3. The molecule has 0 aliphatic carbocycles. The Morgan fingerprint density at radius 2 is 1.94 bits per heavy atom. The van der Waals surface area contributed by atoms with E-state index in [9.17, 15) is 0 Å². The zero-order valence-electron chi connectivity index (χ0n) is 10.9. The lowest BCUT2D eigenvalue weighted by Gasteiger charge is -2.32. The molecule has 2 aliphatic heterocycles. The van der Waals surface area contributed by atoms with Gasteiger partial charge in [-0.1, -0.05) is 18.2 Å². The van der Waals surface area contributed by atoms with Gasteiger partial charge in [0.1, 0.15) is 0 Å². The van der Waals surface area contributed by atoms with Gasteiger partial charge in [-0.2, -0.15) is 0 Å². The molecule has 0 radical (unpaired) electrons. The Hall–Kier alpha value is -1.70. The van der Waals surface area contributed by atoms with Crippen LogP contribution in [0.2, 0.25) is 0 Å². The number of benzene rings is 1. The fourth-order valence-corrected chi connectivity index (χ4v) is 3.97. The number of aryl methyl sites for hydroxylation is 1. The topological polar surface area (TPSA) is 8.17 Å². The molecule has 3 heterocycles. The molecule has 0 N–H and O–H groups in total. The minimum Gasteiger partial charge on any atom is -0.367 e. The second kappa shape index (κ2) is 3.41. The molecule has 3 atom stereocenters. The zero-order valence-corrected chi connectivity index (χ0v) is 10.9. The van der Waals surface area contributed by atoms with Crippen LogP contribution in [-0.2, 0) is 7.05 Å². The van der Waals surface area contributed by atoms with E-state index in [1.807, 2.05) is 0 Å². The van der Waals surface area contributed by atoms with Gasteiger partial charge in [-0.05, 0) is 30.7 Å². The summed E-state index contributed by atoms with van der Waals surface area (Å²) in [6.45, 7) is 3.56. The van der Waals surface area contributed by atoms with Gasteiger partial charge in [-0.3, -0.25) is 0 Å². The molecular weight excluding hydrogens is 220 g/mol. The third kappa shape index (κ3) is 1.13. The van der Waals surface area contributed by atoms with Crippen LogP contribution in [0.1, 0.15) is 30.0 Å². The summed E-state index contributed by atoms with van der Waals surface area (Å²) in [4.78, 5) is 2.58. The molecule has 2 aliphatic rings. The highest BCUT2D eigenvalue weighted by molar-refractivity contribution is 5.65. The molecule has 0 spiro atoms. The molecule has 1 saturated heterocycles. The average molecular weight is 238 g/mol. The summed E-state index contributed by atoms with van der Waals surface area (Å²) < 4.78 is 2.28. The highest BCUT2D eigenvalue weighted by atomic mass is 15.2. The number of nitrogens with zero attached hydrogens (tertiary/aromatic N) is 2. The molecule has 1 fully saturated rings. The number of anilines is 1. The van der Waals surface area contributed by atoms with Crippen LogP contribution in [0.15, 0.2) is 42.6 Å². The van der Waals surface area contributed by atoms with E-state index >= 15 is 0 Å². The molecule has 2 bridgehead atoms. The molecule has 2 aromatic rings. The van der Waals surface area contributed by atoms with Crippen LogP contribution in [0.3, 0.4) is 0 Å². The molecule has 0 amide bonds. The van der Waals surface area contributed by atoms with Crippen molar-refractivity contribution in [2.75, 3.05) is 11.4 Å². The highest BCUT2D eigenvalue weighted by Gasteiger charge is 2.47. The Labute approximate surface area is 108 Å². The average Bonchev–Trinajstić information content (AvgIpc) is 3.03. The molecule has 3 unspecified atom stereocenters. The number of aromatic nitrogens is 1. The maximum absolute atomic E-state index is 2.58. The molecular formula is C16H18N2. The minimum atomic E-state index is 0.610. The van der Waals surface area contributed by atoms with Gasteiger partial charge in [0.25, 0.3) is 0 Å². The second-order valence-electron chi connectivity index (χ2n) is 5.63. The Kier molecular flexibility index (Phi) is 1.94. The Morgan fingerprint density at radius 3 is 2.72 bits per heavy atom. The Balaban J connectivity index is 1.84. The lowest BCUT2D eigenvalue weighted by atomic mass is 9.81. The number of hydrogen-bond donors (Lipinski definition) is 0. The maximum atomic E-state index is 2.58. The third-order valence-electron chi connectivity index (χ3n) is 4.81. The van der Waals surface area contributed by atoms with Crippen molar-refractivity contribution in [3.63, 3.8) is 0 Å². The van der Waals surface area contributed by atoms with Crippen LogP contribution in [0.4, 0.5) is 5.69 Å². The molecule has 1 aromatic heterocycles. The van der Waals surface area contributed by atoms with E-state index in [1.54, 1.807) is 5.56 Å². The van der Waals surface area contributed by atoms with Crippen molar-refractivity contribution in [1.82, 2.24) is 4.57 Å². The first kappa shape index (κ1) is 10.2. The minimum absolute atomic E-state index is 0.610. The lowest BCUT2D eigenvalue weighted by molar-refractivity contribution is 0.538. The summed E-state index contributed by atoms with van der Waals surface area (Å²) >= 11 is 0. The molecule has 2 heteroatoms. The normalized spacial score (nSPS) is 28.8. The van der Waals surface area contributed by atoms with Gasteiger partial charge in [0, 0.05) is 49.0 Å². The monoisotopic (exact) mass is 238 g/mol. The van der Waals surface area contributed by atoms with Gasteiger partial charge in [0.05, 0.1) is 0 Å². The quantitative estimate of drug-likeness (QED) is 0.741. The van der Waals surface area contributed by atoms with Crippen molar-refractivity contribution in [2.24, 2.45) is 7.05 Å². The first-order chi connectivity index (χ1) is 8.77. The summed E-state index contributed by atoms with van der Waals surface area (Å²) in [5.74, 6) is 1.31. The summed E-state index contributed by atoms with van der Waals surface area (Å²) in [5.41, 5.74) is 4.48. The van der Waals surface area contributed by atoms with Crippen LogP contribution in [0.25, 0.3) is 0 Å². The summed E-state index contributed by atoms with van der Waals surface area (Å²) in [6, 6.07) is 14.0. The van der Waals surface area contributed by atoms with Crippen LogP contribution >= 0.6 is 0 Å². The van der Waals surface area contributed by atoms with Gasteiger partial charge < -0.3 is 9.47 Å². The number of hydrogen-bond acceptors (Lipinski definition) is 1. The van der Waals surface area contributed by atoms with Gasteiger partial charge in [0.15, 0.2) is 0 Å². The van der Waals surface area contributed by atoms with Gasteiger partial charge in [-0.15, -0.1) is 0 Å². The summed E-state index contributed by atoms with van der Waals surface area (Å²) in [6.07, 6.45) is 2.16. The van der Waals surface area contributed by atoms with E-state index in [1.165, 1.54) is 17.9 Å². The van der Waals surface area contributed by atoms with E-state index in [0.29, 0.717) is 17.9 Å². The van der Waals surface area contributed by atoms with E-state index < -0.39 is 0 Å². The highest BCUT2D eigenvalue weighted by Crippen LogP contribution is 2.53. The Morgan fingerprint density at radius 1 is 1.11 bits per heavy atom. The van der Waals surface area contributed by atoms with E-state index in [-0.39, 0.29) is 0 Å². The predicted octanol–water partition coefficient (Wildman–Crippen LogP) is 3.11. The summed E-state index contributed by atoms with van der Waals surface area (Å²) in [5, 5.41) is 0.